The molecule has 0 fully saturated rings. The Kier molecular flexibility index (Phi) is 5.01. The third-order valence-electron chi connectivity index (χ3n) is 4.35. The third-order valence-corrected chi connectivity index (χ3v) is 4.58. The van der Waals surface area contributed by atoms with E-state index in [1.165, 1.54) is 0 Å². The van der Waals surface area contributed by atoms with Gasteiger partial charge >= 0.3 is 0 Å². The van der Waals surface area contributed by atoms with E-state index in [1.54, 1.807) is 42.5 Å². The van der Waals surface area contributed by atoms with Crippen LogP contribution in [0.25, 0.3) is 10.8 Å². The number of aromatic nitrogens is 2. The van der Waals surface area contributed by atoms with Crippen LogP contribution in [0.1, 0.15) is 16.1 Å². The minimum Gasteiger partial charge on any atom is -0.455 e. The van der Waals surface area contributed by atoms with Crippen LogP contribution in [0, 0.1) is 6.92 Å². The van der Waals surface area contributed by atoms with Gasteiger partial charge in [-0.15, -0.1) is 0 Å². The first-order valence-electron chi connectivity index (χ1n) is 8.84. The molecule has 29 heavy (non-hydrogen) atoms. The first kappa shape index (κ1) is 18.7. The van der Waals surface area contributed by atoms with E-state index in [-0.39, 0.29) is 11.3 Å². The highest BCUT2D eigenvalue weighted by Gasteiger charge is 2.16. The number of hydrogen-bond acceptors (Lipinski definition) is 4. The Bertz CT molecular complexity index is 1270. The average molecular weight is 406 g/mol. The Morgan fingerprint density at radius 1 is 1.03 bits per heavy atom. The monoisotopic (exact) mass is 405 g/mol. The maximum Gasteiger partial charge on any atom is 0.276 e. The number of H-pyrrole nitrogens is 1. The molecule has 0 bridgehead atoms. The minimum absolute atomic E-state index is 0.0986. The number of carbonyl (C=O) groups excluding carboxylic acids is 1. The van der Waals surface area contributed by atoms with Gasteiger partial charge < -0.3 is 10.1 Å². The van der Waals surface area contributed by atoms with Gasteiger partial charge in [0.1, 0.15) is 5.75 Å². The van der Waals surface area contributed by atoms with Crippen LogP contribution in [0.5, 0.6) is 11.5 Å². The quantitative estimate of drug-likeness (QED) is 0.504. The first-order valence-corrected chi connectivity index (χ1v) is 9.22. The number of nitrogens with one attached hydrogen (secondary N) is 2. The van der Waals surface area contributed by atoms with E-state index in [4.69, 9.17) is 16.3 Å². The van der Waals surface area contributed by atoms with Crippen molar-refractivity contribution in [1.29, 1.82) is 0 Å². The molecule has 0 spiro atoms. The highest BCUT2D eigenvalue weighted by Crippen LogP contribution is 2.32. The van der Waals surface area contributed by atoms with Crippen molar-refractivity contribution in [2.75, 3.05) is 5.32 Å². The van der Waals surface area contributed by atoms with Gasteiger partial charge in [-0.25, -0.2) is 5.10 Å². The normalized spacial score (nSPS) is 10.7. The number of amides is 1. The molecule has 0 saturated heterocycles. The van der Waals surface area contributed by atoms with E-state index in [9.17, 15) is 9.59 Å². The van der Waals surface area contributed by atoms with Crippen molar-refractivity contribution >= 4 is 34.0 Å². The maximum atomic E-state index is 12.9. The van der Waals surface area contributed by atoms with Crippen molar-refractivity contribution in [2.45, 2.75) is 6.92 Å². The predicted octanol–water partition coefficient (Wildman–Crippen LogP) is 4.93. The highest BCUT2D eigenvalue weighted by atomic mass is 35.5. The average Bonchev–Trinajstić information content (AvgIpc) is 2.72. The summed E-state index contributed by atoms with van der Waals surface area (Å²) >= 11 is 6.12. The number of anilines is 1. The number of halogens is 1. The van der Waals surface area contributed by atoms with Gasteiger partial charge in [0, 0.05) is 10.4 Å². The molecule has 144 valence electrons. The summed E-state index contributed by atoms with van der Waals surface area (Å²) in [7, 11) is 0. The van der Waals surface area contributed by atoms with Crippen molar-refractivity contribution in [3.05, 3.63) is 93.4 Å². The first-order chi connectivity index (χ1) is 14.0. The summed E-state index contributed by atoms with van der Waals surface area (Å²) in [5, 5.41) is 10.3. The summed E-state index contributed by atoms with van der Waals surface area (Å²) < 4.78 is 5.91. The van der Waals surface area contributed by atoms with Crippen molar-refractivity contribution in [1.82, 2.24) is 10.2 Å². The second kappa shape index (κ2) is 7.77. The van der Waals surface area contributed by atoms with E-state index >= 15 is 0 Å². The second-order valence-corrected chi connectivity index (χ2v) is 6.89. The van der Waals surface area contributed by atoms with Crippen LogP contribution in [-0.2, 0) is 0 Å². The van der Waals surface area contributed by atoms with Crippen LogP contribution >= 0.6 is 11.6 Å². The van der Waals surface area contributed by atoms with Crippen LogP contribution in [-0.4, -0.2) is 16.1 Å². The Labute approximate surface area is 171 Å². The summed E-state index contributed by atoms with van der Waals surface area (Å²) in [5.41, 5.74) is 1.24. The van der Waals surface area contributed by atoms with E-state index in [0.29, 0.717) is 33.0 Å². The molecular weight excluding hydrogens is 390 g/mol. The molecule has 0 unspecified atom stereocenters. The van der Waals surface area contributed by atoms with Gasteiger partial charge in [-0.2, -0.15) is 5.10 Å². The smallest absolute Gasteiger partial charge is 0.276 e. The molecule has 3 aromatic carbocycles. The summed E-state index contributed by atoms with van der Waals surface area (Å²) in [6, 6.07) is 19.3. The SMILES string of the molecule is Cc1ccc(Oc2ccc(Cl)cc2NC(=O)c2n[nH]c(=O)c3ccccc23)cc1. The van der Waals surface area contributed by atoms with Gasteiger partial charge in [0.2, 0.25) is 0 Å². The molecule has 1 heterocycles. The second-order valence-electron chi connectivity index (χ2n) is 6.46. The third kappa shape index (κ3) is 3.97. The molecule has 4 aromatic rings. The molecule has 0 aliphatic rings. The molecule has 0 saturated carbocycles. The van der Waals surface area contributed by atoms with Crippen molar-refractivity contribution in [2.24, 2.45) is 0 Å². The molecule has 6 nitrogen and oxygen atoms in total. The summed E-state index contributed by atoms with van der Waals surface area (Å²) in [5.74, 6) is 0.565. The van der Waals surface area contributed by atoms with E-state index < -0.39 is 5.91 Å². The largest absolute Gasteiger partial charge is 0.455 e. The zero-order valence-electron chi connectivity index (χ0n) is 15.4. The Hall–Kier alpha value is -3.64. The Balaban J connectivity index is 1.68. The fourth-order valence-electron chi connectivity index (χ4n) is 2.89. The topological polar surface area (TPSA) is 84.1 Å². The zero-order chi connectivity index (χ0) is 20.4. The van der Waals surface area contributed by atoms with E-state index in [1.807, 2.05) is 31.2 Å². The van der Waals surface area contributed by atoms with Gasteiger partial charge in [-0.05, 0) is 43.3 Å². The minimum atomic E-state index is -0.492. The van der Waals surface area contributed by atoms with Crippen LogP contribution in [0.2, 0.25) is 5.02 Å². The zero-order valence-corrected chi connectivity index (χ0v) is 16.2. The molecular formula is C22H16ClN3O3. The van der Waals surface area contributed by atoms with Gasteiger partial charge in [-0.3, -0.25) is 9.59 Å². The number of ether oxygens (including phenoxy) is 1. The lowest BCUT2D eigenvalue weighted by Gasteiger charge is -2.13. The van der Waals surface area contributed by atoms with Gasteiger partial charge in [0.05, 0.1) is 11.1 Å². The lowest BCUT2D eigenvalue weighted by molar-refractivity contribution is 0.102. The number of rotatable bonds is 4. The Morgan fingerprint density at radius 3 is 2.52 bits per heavy atom. The van der Waals surface area contributed by atoms with E-state index in [2.05, 4.69) is 15.5 Å². The lowest BCUT2D eigenvalue weighted by atomic mass is 10.1. The summed E-state index contributed by atoms with van der Waals surface area (Å²) in [6.45, 7) is 1.99. The highest BCUT2D eigenvalue weighted by molar-refractivity contribution is 6.31. The molecule has 0 atom stereocenters. The molecule has 2 N–H and O–H groups in total. The predicted molar refractivity (Wildman–Crippen MR) is 113 cm³/mol. The number of aromatic amines is 1. The molecule has 0 aliphatic heterocycles. The lowest BCUT2D eigenvalue weighted by Crippen LogP contribution is -2.19. The van der Waals surface area contributed by atoms with Crippen LogP contribution in [0.3, 0.4) is 0 Å². The standard InChI is InChI=1S/C22H16ClN3O3/c1-13-6-9-15(10-7-13)29-19-11-8-14(23)12-18(19)24-22(28)20-16-4-2-3-5-17(16)21(27)26-25-20/h2-12H,1H3,(H,24,28)(H,26,27). The van der Waals surface area contributed by atoms with Crippen molar-refractivity contribution in [3.63, 3.8) is 0 Å². The number of carbonyl (C=O) groups is 1. The summed E-state index contributed by atoms with van der Waals surface area (Å²) in [6.07, 6.45) is 0. The van der Waals surface area contributed by atoms with Crippen LogP contribution in [0.15, 0.2) is 71.5 Å². The maximum absolute atomic E-state index is 12.9. The molecule has 1 aromatic heterocycles. The van der Waals surface area contributed by atoms with Crippen molar-refractivity contribution in [3.8, 4) is 11.5 Å². The van der Waals surface area contributed by atoms with Crippen LogP contribution in [0.4, 0.5) is 5.69 Å². The number of aryl methyl sites for hydroxylation is 1. The van der Waals surface area contributed by atoms with Crippen molar-refractivity contribution < 1.29 is 9.53 Å². The van der Waals surface area contributed by atoms with E-state index in [0.717, 1.165) is 5.56 Å². The number of hydrogen-bond donors (Lipinski definition) is 2. The van der Waals surface area contributed by atoms with Gasteiger partial charge in [0.25, 0.3) is 11.5 Å². The molecule has 4 rings (SSSR count). The number of fused-ring (bicyclic) bond motifs is 1. The van der Waals surface area contributed by atoms with Gasteiger partial charge in [0.15, 0.2) is 11.4 Å². The fraction of sp³-hybridized carbons (Fsp3) is 0.0455. The van der Waals surface area contributed by atoms with Gasteiger partial charge in [-0.1, -0.05) is 47.5 Å². The fourth-order valence-corrected chi connectivity index (χ4v) is 3.06. The number of nitrogens with zero attached hydrogens (tertiary/aromatic N) is 1. The Morgan fingerprint density at radius 2 is 1.76 bits per heavy atom. The molecule has 7 heteroatoms. The summed E-state index contributed by atoms with van der Waals surface area (Å²) in [4.78, 5) is 24.9. The molecule has 0 aliphatic carbocycles. The molecule has 1 amide bonds. The number of benzene rings is 3. The van der Waals surface area contributed by atoms with Crippen LogP contribution < -0.4 is 15.6 Å². The molecule has 0 radical (unpaired) electrons.